The van der Waals surface area contributed by atoms with E-state index in [1.54, 1.807) is 6.07 Å². The lowest BCUT2D eigenvalue weighted by Gasteiger charge is -2.13. The highest BCUT2D eigenvalue weighted by atomic mass is 16.5. The molecule has 0 saturated heterocycles. The molecular weight excluding hydrogens is 380 g/mol. The zero-order valence-electron chi connectivity index (χ0n) is 16.2. The Morgan fingerprint density at radius 2 is 1.50 bits per heavy atom. The number of para-hydroxylation sites is 1. The Morgan fingerprint density at radius 3 is 2.23 bits per heavy atom. The highest BCUT2D eigenvalue weighted by Crippen LogP contribution is 2.25. The summed E-state index contributed by atoms with van der Waals surface area (Å²) in [5.74, 6) is -0.328. The molecule has 1 aliphatic heterocycles. The van der Waals surface area contributed by atoms with Gasteiger partial charge in [-0.15, -0.1) is 0 Å². The third kappa shape index (κ3) is 4.07. The molecule has 1 aliphatic rings. The van der Waals surface area contributed by atoms with Gasteiger partial charge in [0, 0.05) is 5.56 Å². The number of imide groups is 1. The number of carbonyl (C=O) groups is 3. The zero-order valence-corrected chi connectivity index (χ0v) is 16.2. The van der Waals surface area contributed by atoms with E-state index in [4.69, 9.17) is 4.74 Å². The van der Waals surface area contributed by atoms with Crippen LogP contribution in [0.4, 0.5) is 0 Å². The molecule has 0 unspecified atom stereocenters. The van der Waals surface area contributed by atoms with Gasteiger partial charge in [0.2, 0.25) is 0 Å². The molecule has 1 N–H and O–H groups in total. The summed E-state index contributed by atoms with van der Waals surface area (Å²) in [6.07, 6.45) is 0. The molecule has 0 atom stereocenters. The molecule has 0 aromatic heterocycles. The number of ether oxygens (including phenoxy) is 1. The molecule has 4 rings (SSSR count). The smallest absolute Gasteiger partial charge is 0.261 e. The molecule has 0 fully saturated rings. The van der Waals surface area contributed by atoms with Crippen molar-refractivity contribution in [2.75, 3.05) is 13.2 Å². The van der Waals surface area contributed by atoms with Gasteiger partial charge in [-0.3, -0.25) is 19.3 Å². The van der Waals surface area contributed by atoms with Crippen molar-refractivity contribution >= 4 is 17.7 Å². The van der Waals surface area contributed by atoms with E-state index in [1.807, 2.05) is 60.7 Å². The quantitative estimate of drug-likeness (QED) is 0.488. The number of nitrogens with one attached hydrogen (secondary N) is 1. The fourth-order valence-electron chi connectivity index (χ4n) is 3.29. The Hall–Kier alpha value is -3.93. The van der Waals surface area contributed by atoms with Crippen LogP contribution in [-0.4, -0.2) is 35.8 Å². The summed E-state index contributed by atoms with van der Waals surface area (Å²) in [7, 11) is 0. The van der Waals surface area contributed by atoms with Crippen LogP contribution in [0.5, 0.6) is 5.75 Å². The van der Waals surface area contributed by atoms with Gasteiger partial charge in [-0.25, -0.2) is 0 Å². The second kappa shape index (κ2) is 8.61. The summed E-state index contributed by atoms with van der Waals surface area (Å²) >= 11 is 0. The molecule has 3 amide bonds. The molecule has 3 aromatic carbocycles. The largest absolute Gasteiger partial charge is 0.492 e. The van der Waals surface area contributed by atoms with Crippen molar-refractivity contribution in [1.29, 1.82) is 0 Å². The van der Waals surface area contributed by atoms with Crippen LogP contribution in [0.15, 0.2) is 78.9 Å². The Labute approximate surface area is 174 Å². The summed E-state index contributed by atoms with van der Waals surface area (Å²) in [4.78, 5) is 39.0. The van der Waals surface area contributed by atoms with Crippen LogP contribution in [-0.2, 0) is 6.54 Å². The van der Waals surface area contributed by atoms with Gasteiger partial charge in [0.15, 0.2) is 0 Å². The van der Waals surface area contributed by atoms with Crippen molar-refractivity contribution < 1.29 is 19.1 Å². The Morgan fingerprint density at radius 1 is 0.833 bits per heavy atom. The molecule has 3 aromatic rings. The monoisotopic (exact) mass is 400 g/mol. The SMILES string of the molecule is O=C(NCCOc1ccccc1)c1ccc2c(c1)C(=O)N(Cc1ccccc1)C2=O. The molecule has 0 bridgehead atoms. The van der Waals surface area contributed by atoms with Gasteiger partial charge >= 0.3 is 0 Å². The van der Waals surface area contributed by atoms with Crippen LogP contribution in [0, 0.1) is 0 Å². The normalized spacial score (nSPS) is 12.6. The maximum Gasteiger partial charge on any atom is 0.261 e. The molecule has 1 heterocycles. The maximum atomic E-state index is 12.8. The average molecular weight is 400 g/mol. The van der Waals surface area contributed by atoms with Crippen molar-refractivity contribution in [1.82, 2.24) is 10.2 Å². The molecular formula is C24H20N2O4. The average Bonchev–Trinajstić information content (AvgIpc) is 3.02. The van der Waals surface area contributed by atoms with Crippen LogP contribution in [0.25, 0.3) is 0 Å². The number of nitrogens with zero attached hydrogens (tertiary/aromatic N) is 1. The fraction of sp³-hybridized carbons (Fsp3) is 0.125. The summed E-state index contributed by atoms with van der Waals surface area (Å²) in [5.41, 5.74) is 1.77. The van der Waals surface area contributed by atoms with Crippen LogP contribution < -0.4 is 10.1 Å². The third-order valence-electron chi connectivity index (χ3n) is 4.82. The first-order valence-electron chi connectivity index (χ1n) is 9.64. The van der Waals surface area contributed by atoms with Crippen LogP contribution in [0.2, 0.25) is 0 Å². The van der Waals surface area contributed by atoms with Crippen molar-refractivity contribution in [2.45, 2.75) is 6.54 Å². The Balaban J connectivity index is 1.39. The number of hydrogen-bond donors (Lipinski definition) is 1. The zero-order chi connectivity index (χ0) is 20.9. The number of benzene rings is 3. The number of carbonyl (C=O) groups excluding carboxylic acids is 3. The van der Waals surface area contributed by atoms with E-state index < -0.39 is 0 Å². The molecule has 30 heavy (non-hydrogen) atoms. The van der Waals surface area contributed by atoms with E-state index in [9.17, 15) is 14.4 Å². The summed E-state index contributed by atoms with van der Waals surface area (Å²) in [5, 5.41) is 2.76. The van der Waals surface area contributed by atoms with E-state index in [-0.39, 0.29) is 29.8 Å². The standard InChI is InChI=1S/C24H20N2O4/c27-22(25-13-14-30-19-9-5-2-6-10-19)18-11-12-20-21(15-18)24(29)26(23(20)28)16-17-7-3-1-4-8-17/h1-12,15H,13-14,16H2,(H,25,27). The number of hydrogen-bond acceptors (Lipinski definition) is 4. The van der Waals surface area contributed by atoms with E-state index in [0.717, 1.165) is 11.3 Å². The minimum absolute atomic E-state index is 0.200. The lowest BCUT2D eigenvalue weighted by molar-refractivity contribution is 0.0642. The predicted molar refractivity (Wildman–Crippen MR) is 111 cm³/mol. The van der Waals surface area contributed by atoms with Crippen molar-refractivity contribution in [2.24, 2.45) is 0 Å². The number of rotatable bonds is 7. The maximum absolute atomic E-state index is 12.8. The molecule has 0 aliphatic carbocycles. The lowest BCUT2D eigenvalue weighted by atomic mass is 10.1. The van der Waals surface area contributed by atoms with E-state index >= 15 is 0 Å². The molecule has 0 spiro atoms. The first kappa shape index (κ1) is 19.4. The van der Waals surface area contributed by atoms with E-state index in [1.165, 1.54) is 17.0 Å². The van der Waals surface area contributed by atoms with Crippen LogP contribution in [0.3, 0.4) is 0 Å². The third-order valence-corrected chi connectivity index (χ3v) is 4.82. The second-order valence-electron chi connectivity index (χ2n) is 6.86. The van der Waals surface area contributed by atoms with Crippen LogP contribution >= 0.6 is 0 Å². The van der Waals surface area contributed by atoms with Gasteiger partial charge in [0.1, 0.15) is 12.4 Å². The Kier molecular flexibility index (Phi) is 5.57. The van der Waals surface area contributed by atoms with Gasteiger partial charge in [-0.1, -0.05) is 48.5 Å². The predicted octanol–water partition coefficient (Wildman–Crippen LogP) is 3.29. The van der Waals surface area contributed by atoms with Gasteiger partial charge in [0.05, 0.1) is 24.2 Å². The van der Waals surface area contributed by atoms with Gasteiger partial charge in [0.25, 0.3) is 17.7 Å². The van der Waals surface area contributed by atoms with Crippen molar-refractivity contribution in [3.05, 3.63) is 101 Å². The minimum Gasteiger partial charge on any atom is -0.492 e. The highest BCUT2D eigenvalue weighted by molar-refractivity contribution is 6.22. The van der Waals surface area contributed by atoms with Gasteiger partial charge < -0.3 is 10.1 Å². The van der Waals surface area contributed by atoms with E-state index in [0.29, 0.717) is 24.3 Å². The fourth-order valence-corrected chi connectivity index (χ4v) is 3.29. The summed E-state index contributed by atoms with van der Waals surface area (Å²) < 4.78 is 5.55. The molecule has 0 radical (unpaired) electrons. The summed E-state index contributed by atoms with van der Waals surface area (Å²) in [6, 6.07) is 23.2. The first-order valence-corrected chi connectivity index (χ1v) is 9.64. The second-order valence-corrected chi connectivity index (χ2v) is 6.86. The molecule has 6 heteroatoms. The molecule has 150 valence electrons. The lowest BCUT2D eigenvalue weighted by Crippen LogP contribution is -2.29. The van der Waals surface area contributed by atoms with Crippen molar-refractivity contribution in [3.63, 3.8) is 0 Å². The van der Waals surface area contributed by atoms with Crippen molar-refractivity contribution in [3.8, 4) is 5.75 Å². The minimum atomic E-state index is -0.388. The Bertz CT molecular complexity index is 1080. The highest BCUT2D eigenvalue weighted by Gasteiger charge is 2.35. The molecule has 0 saturated carbocycles. The number of amides is 3. The van der Waals surface area contributed by atoms with E-state index in [2.05, 4.69) is 5.32 Å². The number of fused-ring (bicyclic) bond motifs is 1. The summed E-state index contributed by atoms with van der Waals surface area (Å²) in [6.45, 7) is 0.840. The topological polar surface area (TPSA) is 75.7 Å². The first-order chi connectivity index (χ1) is 14.6. The van der Waals surface area contributed by atoms with Crippen LogP contribution in [0.1, 0.15) is 36.6 Å². The van der Waals surface area contributed by atoms with Gasteiger partial charge in [-0.2, -0.15) is 0 Å². The molecule has 6 nitrogen and oxygen atoms in total. The van der Waals surface area contributed by atoms with Gasteiger partial charge in [-0.05, 0) is 35.9 Å².